The Kier molecular flexibility index (Phi) is 4.62. The van der Waals surface area contributed by atoms with E-state index in [2.05, 4.69) is 35.3 Å². The molecule has 1 aromatic rings. The van der Waals surface area contributed by atoms with Crippen LogP contribution in [0.25, 0.3) is 0 Å². The second kappa shape index (κ2) is 5.75. The van der Waals surface area contributed by atoms with Crippen molar-refractivity contribution >= 4 is 5.95 Å². The van der Waals surface area contributed by atoms with Crippen molar-refractivity contribution in [3.8, 4) is 0 Å². The largest absolute Gasteiger partial charge is 0.345 e. The zero-order valence-electron chi connectivity index (χ0n) is 9.98. The van der Waals surface area contributed by atoms with E-state index in [-0.39, 0.29) is 0 Å². The maximum Gasteiger partial charge on any atom is 0.205 e. The molecular weight excluding hydrogens is 188 g/mol. The van der Waals surface area contributed by atoms with Crippen molar-refractivity contribution in [2.75, 3.05) is 25.0 Å². The SMILES string of the molecule is CC(C)Cn1ccnc1N(C)CCCN. The molecule has 0 fully saturated rings. The van der Waals surface area contributed by atoms with Gasteiger partial charge in [-0.1, -0.05) is 13.8 Å². The maximum atomic E-state index is 5.50. The Morgan fingerprint density at radius 3 is 2.87 bits per heavy atom. The lowest BCUT2D eigenvalue weighted by Crippen LogP contribution is -2.24. The molecule has 0 unspecified atom stereocenters. The van der Waals surface area contributed by atoms with Crippen LogP contribution >= 0.6 is 0 Å². The molecule has 86 valence electrons. The molecule has 0 radical (unpaired) electrons. The summed E-state index contributed by atoms with van der Waals surface area (Å²) in [5.74, 6) is 1.68. The van der Waals surface area contributed by atoms with Gasteiger partial charge in [0.25, 0.3) is 0 Å². The topological polar surface area (TPSA) is 47.1 Å². The minimum atomic E-state index is 0.640. The number of nitrogens with zero attached hydrogens (tertiary/aromatic N) is 3. The Morgan fingerprint density at radius 1 is 1.53 bits per heavy atom. The van der Waals surface area contributed by atoms with Crippen LogP contribution < -0.4 is 10.6 Å². The smallest absolute Gasteiger partial charge is 0.205 e. The third kappa shape index (κ3) is 3.55. The second-order valence-electron chi connectivity index (χ2n) is 4.34. The van der Waals surface area contributed by atoms with Gasteiger partial charge in [0.1, 0.15) is 0 Å². The first-order valence-corrected chi connectivity index (χ1v) is 5.57. The van der Waals surface area contributed by atoms with Crippen LogP contribution in [0.3, 0.4) is 0 Å². The average molecular weight is 210 g/mol. The molecule has 0 atom stereocenters. The Hall–Kier alpha value is -1.03. The highest BCUT2D eigenvalue weighted by Crippen LogP contribution is 2.12. The highest BCUT2D eigenvalue weighted by molar-refractivity contribution is 5.29. The third-order valence-corrected chi connectivity index (χ3v) is 2.29. The third-order valence-electron chi connectivity index (χ3n) is 2.29. The summed E-state index contributed by atoms with van der Waals surface area (Å²) in [6, 6.07) is 0. The fourth-order valence-electron chi connectivity index (χ4n) is 1.60. The molecule has 15 heavy (non-hydrogen) atoms. The molecule has 1 rings (SSSR count). The average Bonchev–Trinajstić information content (AvgIpc) is 2.61. The number of imidazole rings is 1. The molecule has 1 aromatic heterocycles. The second-order valence-corrected chi connectivity index (χ2v) is 4.34. The highest BCUT2D eigenvalue weighted by atomic mass is 15.3. The van der Waals surface area contributed by atoms with Crippen molar-refractivity contribution in [1.29, 1.82) is 0 Å². The van der Waals surface area contributed by atoms with E-state index in [0.717, 1.165) is 32.0 Å². The van der Waals surface area contributed by atoms with Crippen LogP contribution in [0.15, 0.2) is 12.4 Å². The van der Waals surface area contributed by atoms with Crippen molar-refractivity contribution in [3.63, 3.8) is 0 Å². The van der Waals surface area contributed by atoms with Gasteiger partial charge in [-0.25, -0.2) is 4.98 Å². The Bertz CT molecular complexity index is 280. The van der Waals surface area contributed by atoms with E-state index in [1.54, 1.807) is 0 Å². The van der Waals surface area contributed by atoms with Gasteiger partial charge in [0, 0.05) is 32.5 Å². The number of hydrogen-bond acceptors (Lipinski definition) is 3. The van der Waals surface area contributed by atoms with Gasteiger partial charge in [-0.05, 0) is 18.9 Å². The summed E-state index contributed by atoms with van der Waals surface area (Å²) in [5.41, 5.74) is 5.50. The summed E-state index contributed by atoms with van der Waals surface area (Å²) in [7, 11) is 2.06. The molecule has 0 spiro atoms. The van der Waals surface area contributed by atoms with E-state index in [0.29, 0.717) is 5.92 Å². The predicted octanol–water partition coefficient (Wildman–Crippen LogP) is 1.32. The van der Waals surface area contributed by atoms with Gasteiger partial charge in [-0.15, -0.1) is 0 Å². The van der Waals surface area contributed by atoms with Gasteiger partial charge >= 0.3 is 0 Å². The van der Waals surface area contributed by atoms with E-state index in [1.807, 2.05) is 12.4 Å². The van der Waals surface area contributed by atoms with Crippen LogP contribution in [0.4, 0.5) is 5.95 Å². The molecule has 1 heterocycles. The number of rotatable bonds is 6. The molecular formula is C11H22N4. The molecule has 0 bridgehead atoms. The molecule has 2 N–H and O–H groups in total. The highest BCUT2D eigenvalue weighted by Gasteiger charge is 2.08. The first kappa shape index (κ1) is 12.0. The number of aromatic nitrogens is 2. The lowest BCUT2D eigenvalue weighted by Gasteiger charge is -2.20. The molecule has 0 amide bonds. The van der Waals surface area contributed by atoms with Crippen LogP contribution in [-0.4, -0.2) is 29.7 Å². The molecule has 0 aliphatic rings. The zero-order chi connectivity index (χ0) is 11.3. The fraction of sp³-hybridized carbons (Fsp3) is 0.727. The van der Waals surface area contributed by atoms with Crippen molar-refractivity contribution in [2.24, 2.45) is 11.7 Å². The van der Waals surface area contributed by atoms with Crippen molar-refractivity contribution in [2.45, 2.75) is 26.8 Å². The molecule has 0 aromatic carbocycles. The van der Waals surface area contributed by atoms with E-state index < -0.39 is 0 Å². The summed E-state index contributed by atoms with van der Waals surface area (Å²) in [4.78, 5) is 6.53. The lowest BCUT2D eigenvalue weighted by molar-refractivity contribution is 0.520. The van der Waals surface area contributed by atoms with Crippen molar-refractivity contribution in [1.82, 2.24) is 9.55 Å². The first-order chi connectivity index (χ1) is 7.15. The zero-order valence-corrected chi connectivity index (χ0v) is 9.98. The van der Waals surface area contributed by atoms with Crippen LogP contribution in [0.5, 0.6) is 0 Å². The van der Waals surface area contributed by atoms with E-state index in [4.69, 9.17) is 5.73 Å². The first-order valence-electron chi connectivity index (χ1n) is 5.57. The maximum absolute atomic E-state index is 5.50. The fourth-order valence-corrected chi connectivity index (χ4v) is 1.60. The minimum Gasteiger partial charge on any atom is -0.345 e. The molecule has 0 saturated carbocycles. The van der Waals surface area contributed by atoms with Crippen LogP contribution in [-0.2, 0) is 6.54 Å². The molecule has 0 saturated heterocycles. The van der Waals surface area contributed by atoms with Crippen molar-refractivity contribution in [3.05, 3.63) is 12.4 Å². The minimum absolute atomic E-state index is 0.640. The summed E-state index contributed by atoms with van der Waals surface area (Å²) in [6.07, 6.45) is 4.90. The summed E-state index contributed by atoms with van der Waals surface area (Å²) in [5, 5.41) is 0. The Labute approximate surface area is 92.1 Å². The van der Waals surface area contributed by atoms with Gasteiger partial charge < -0.3 is 15.2 Å². The molecule has 0 aliphatic heterocycles. The van der Waals surface area contributed by atoms with Crippen LogP contribution in [0.1, 0.15) is 20.3 Å². The number of nitrogens with two attached hydrogens (primary N) is 1. The van der Waals surface area contributed by atoms with Crippen molar-refractivity contribution < 1.29 is 0 Å². The summed E-state index contributed by atoms with van der Waals surface area (Å²) < 4.78 is 2.20. The normalized spacial score (nSPS) is 11.0. The summed E-state index contributed by atoms with van der Waals surface area (Å²) in [6.45, 7) is 7.14. The molecule has 4 heteroatoms. The Morgan fingerprint density at radius 2 is 2.27 bits per heavy atom. The lowest BCUT2D eigenvalue weighted by atomic mass is 10.2. The summed E-state index contributed by atoms with van der Waals surface area (Å²) >= 11 is 0. The van der Waals surface area contributed by atoms with Crippen LogP contribution in [0, 0.1) is 5.92 Å². The van der Waals surface area contributed by atoms with E-state index in [9.17, 15) is 0 Å². The molecule has 0 aliphatic carbocycles. The van der Waals surface area contributed by atoms with Gasteiger partial charge in [-0.3, -0.25) is 0 Å². The predicted molar refractivity (Wildman–Crippen MR) is 64.0 cm³/mol. The number of anilines is 1. The quantitative estimate of drug-likeness (QED) is 0.770. The van der Waals surface area contributed by atoms with Gasteiger partial charge in [0.15, 0.2) is 0 Å². The van der Waals surface area contributed by atoms with Gasteiger partial charge in [0.2, 0.25) is 5.95 Å². The monoisotopic (exact) mass is 210 g/mol. The van der Waals surface area contributed by atoms with Gasteiger partial charge in [0.05, 0.1) is 0 Å². The number of hydrogen-bond donors (Lipinski definition) is 1. The molecule has 4 nitrogen and oxygen atoms in total. The van der Waals surface area contributed by atoms with Gasteiger partial charge in [-0.2, -0.15) is 0 Å². The van der Waals surface area contributed by atoms with E-state index >= 15 is 0 Å². The Balaban J connectivity index is 2.62. The van der Waals surface area contributed by atoms with Crippen LogP contribution in [0.2, 0.25) is 0 Å². The van der Waals surface area contributed by atoms with E-state index in [1.165, 1.54) is 0 Å². The standard InChI is InChI=1S/C11H22N4/c1-10(2)9-15-8-6-13-11(15)14(3)7-4-5-12/h6,8,10H,4-5,7,9,12H2,1-3H3.